The van der Waals surface area contributed by atoms with Crippen LogP contribution in [0.1, 0.15) is 12.8 Å². The van der Waals surface area contributed by atoms with Gasteiger partial charge in [-0.25, -0.2) is 4.79 Å². The third kappa shape index (κ3) is 5.33. The first-order valence-corrected chi connectivity index (χ1v) is 7.88. The molecule has 1 amide bonds. The number of nitrogens with zero attached hydrogens (tertiary/aromatic N) is 2. The first-order valence-electron chi connectivity index (χ1n) is 7.88. The number of aromatic nitrogens is 2. The average molecular weight is 361 g/mol. The average Bonchev–Trinajstić information content (AvgIpc) is 2.60. The van der Waals surface area contributed by atoms with Gasteiger partial charge in [0.2, 0.25) is 5.91 Å². The lowest BCUT2D eigenvalue weighted by atomic mass is 10.3. The molecule has 1 aromatic carbocycles. The van der Waals surface area contributed by atoms with Gasteiger partial charge in [-0.1, -0.05) is 0 Å². The maximum atomic E-state index is 12.0. The fourth-order valence-electron chi connectivity index (χ4n) is 2.14. The summed E-state index contributed by atoms with van der Waals surface area (Å²) in [6, 6.07) is 7.77. The van der Waals surface area contributed by atoms with Crippen LogP contribution in [0.15, 0.2) is 46.1 Å². The maximum absolute atomic E-state index is 12.0. The smallest absolute Gasteiger partial charge is 0.331 e. The molecule has 9 nitrogen and oxygen atoms in total. The summed E-state index contributed by atoms with van der Waals surface area (Å²) in [4.78, 5) is 45.7. The lowest BCUT2D eigenvalue weighted by Crippen LogP contribution is -2.38. The Bertz CT molecular complexity index is 898. The minimum Gasteiger partial charge on any atom is -0.494 e. The van der Waals surface area contributed by atoms with Crippen LogP contribution in [0, 0.1) is 0 Å². The fourth-order valence-corrected chi connectivity index (χ4v) is 2.14. The zero-order valence-corrected chi connectivity index (χ0v) is 14.2. The van der Waals surface area contributed by atoms with Crippen molar-refractivity contribution in [2.75, 3.05) is 11.9 Å². The van der Waals surface area contributed by atoms with E-state index in [0.29, 0.717) is 17.9 Å². The Morgan fingerprint density at radius 2 is 1.85 bits per heavy atom. The van der Waals surface area contributed by atoms with Gasteiger partial charge in [0.25, 0.3) is 5.56 Å². The number of hydrogen-bond acceptors (Lipinski definition) is 5. The molecule has 0 aliphatic carbocycles. The molecular formula is C17H19N3O6. The van der Waals surface area contributed by atoms with E-state index in [0.717, 1.165) is 9.13 Å². The molecule has 0 atom stereocenters. The summed E-state index contributed by atoms with van der Waals surface area (Å²) in [5.41, 5.74) is -0.492. The van der Waals surface area contributed by atoms with Gasteiger partial charge in [-0.05, 0) is 30.7 Å². The van der Waals surface area contributed by atoms with Crippen molar-refractivity contribution >= 4 is 17.6 Å². The van der Waals surface area contributed by atoms with Crippen LogP contribution in [-0.4, -0.2) is 32.7 Å². The normalized spacial score (nSPS) is 10.3. The van der Waals surface area contributed by atoms with E-state index in [1.807, 2.05) is 0 Å². The molecule has 0 saturated carbocycles. The standard InChI is InChI=1S/C17H19N3O6/c1-19-15(22)8-9-20(17(19)25)11-14(21)18-12-4-6-13(7-5-12)26-10-2-3-16(23)24/h4-9H,2-3,10-11H2,1H3,(H,18,21)(H,23,24). The molecule has 0 saturated heterocycles. The monoisotopic (exact) mass is 361 g/mol. The second-order valence-corrected chi connectivity index (χ2v) is 5.54. The van der Waals surface area contributed by atoms with Gasteiger partial charge in [0.05, 0.1) is 6.61 Å². The summed E-state index contributed by atoms with van der Waals surface area (Å²) >= 11 is 0. The van der Waals surface area contributed by atoms with Crippen molar-refractivity contribution in [1.29, 1.82) is 0 Å². The number of aliphatic carboxylic acids is 1. The van der Waals surface area contributed by atoms with Gasteiger partial charge in [-0.15, -0.1) is 0 Å². The Hall–Kier alpha value is -3.36. The Balaban J connectivity index is 1.89. The van der Waals surface area contributed by atoms with Gasteiger partial charge in [-0.2, -0.15) is 0 Å². The molecule has 0 aliphatic rings. The summed E-state index contributed by atoms with van der Waals surface area (Å²) in [6.07, 6.45) is 1.72. The molecule has 0 aliphatic heterocycles. The molecule has 9 heteroatoms. The predicted octanol–water partition coefficient (Wildman–Crippen LogP) is 0.429. The van der Waals surface area contributed by atoms with E-state index in [1.165, 1.54) is 19.3 Å². The van der Waals surface area contributed by atoms with Crippen molar-refractivity contribution < 1.29 is 19.4 Å². The highest BCUT2D eigenvalue weighted by atomic mass is 16.5. The summed E-state index contributed by atoms with van der Waals surface area (Å²) in [5, 5.41) is 11.2. The van der Waals surface area contributed by atoms with Gasteiger partial charge >= 0.3 is 11.7 Å². The number of carboxylic acids is 1. The maximum Gasteiger partial charge on any atom is 0.331 e. The molecule has 26 heavy (non-hydrogen) atoms. The van der Waals surface area contributed by atoms with Crippen LogP contribution in [0.4, 0.5) is 5.69 Å². The highest BCUT2D eigenvalue weighted by molar-refractivity contribution is 5.90. The third-order valence-electron chi connectivity index (χ3n) is 3.52. The minimum absolute atomic E-state index is 0.0403. The minimum atomic E-state index is -0.871. The number of hydrogen-bond donors (Lipinski definition) is 2. The van der Waals surface area contributed by atoms with Crippen molar-refractivity contribution in [2.24, 2.45) is 7.05 Å². The highest BCUT2D eigenvalue weighted by Gasteiger charge is 2.07. The number of rotatable bonds is 8. The molecule has 0 radical (unpaired) electrons. The molecule has 0 spiro atoms. The molecule has 2 rings (SSSR count). The van der Waals surface area contributed by atoms with E-state index in [4.69, 9.17) is 9.84 Å². The quantitative estimate of drug-likeness (QED) is 0.658. The van der Waals surface area contributed by atoms with Gasteiger partial charge in [0.15, 0.2) is 0 Å². The van der Waals surface area contributed by atoms with E-state index in [-0.39, 0.29) is 19.6 Å². The lowest BCUT2D eigenvalue weighted by molar-refractivity contribution is -0.137. The van der Waals surface area contributed by atoms with E-state index in [1.54, 1.807) is 24.3 Å². The van der Waals surface area contributed by atoms with Gasteiger partial charge in [-0.3, -0.25) is 23.5 Å². The number of amides is 1. The van der Waals surface area contributed by atoms with E-state index in [2.05, 4.69) is 5.32 Å². The first kappa shape index (κ1) is 19.0. The molecule has 2 N–H and O–H groups in total. The van der Waals surface area contributed by atoms with E-state index < -0.39 is 23.1 Å². The molecule has 1 heterocycles. The predicted molar refractivity (Wildman–Crippen MR) is 93.4 cm³/mol. The number of carbonyl (C=O) groups excluding carboxylic acids is 1. The van der Waals surface area contributed by atoms with Gasteiger partial charge in [0.1, 0.15) is 12.3 Å². The number of carbonyl (C=O) groups is 2. The van der Waals surface area contributed by atoms with Crippen molar-refractivity contribution in [1.82, 2.24) is 9.13 Å². The van der Waals surface area contributed by atoms with Crippen molar-refractivity contribution in [3.63, 3.8) is 0 Å². The first-order chi connectivity index (χ1) is 12.4. The van der Waals surface area contributed by atoms with Crippen LogP contribution in [0.5, 0.6) is 5.75 Å². The summed E-state index contributed by atoms with van der Waals surface area (Å²) in [6.45, 7) is 0.0635. The fraction of sp³-hybridized carbons (Fsp3) is 0.294. The van der Waals surface area contributed by atoms with Crippen molar-refractivity contribution in [3.8, 4) is 5.75 Å². The van der Waals surface area contributed by atoms with Crippen LogP contribution in [0.25, 0.3) is 0 Å². The summed E-state index contributed by atoms with van der Waals surface area (Å²) < 4.78 is 7.45. The topological polar surface area (TPSA) is 120 Å². The van der Waals surface area contributed by atoms with Crippen molar-refractivity contribution in [2.45, 2.75) is 19.4 Å². The Morgan fingerprint density at radius 1 is 1.15 bits per heavy atom. The molecule has 2 aromatic rings. The molecular weight excluding hydrogens is 342 g/mol. The summed E-state index contributed by atoms with van der Waals surface area (Å²) in [5.74, 6) is -0.729. The second-order valence-electron chi connectivity index (χ2n) is 5.54. The van der Waals surface area contributed by atoms with Crippen LogP contribution in [0.3, 0.4) is 0 Å². The van der Waals surface area contributed by atoms with Crippen molar-refractivity contribution in [3.05, 3.63) is 57.4 Å². The zero-order chi connectivity index (χ0) is 19.1. The highest BCUT2D eigenvalue weighted by Crippen LogP contribution is 2.16. The Kier molecular flexibility index (Phi) is 6.31. The SMILES string of the molecule is Cn1c(=O)ccn(CC(=O)Nc2ccc(OCCCC(=O)O)cc2)c1=O. The van der Waals surface area contributed by atoms with Crippen LogP contribution in [-0.2, 0) is 23.2 Å². The summed E-state index contributed by atoms with van der Waals surface area (Å²) in [7, 11) is 1.34. The lowest BCUT2D eigenvalue weighted by Gasteiger charge is -2.09. The van der Waals surface area contributed by atoms with Crippen LogP contribution >= 0.6 is 0 Å². The number of carboxylic acid groups (broad SMARTS) is 1. The molecule has 0 unspecified atom stereocenters. The number of anilines is 1. The Labute approximate surface area is 148 Å². The second kappa shape index (κ2) is 8.65. The number of benzene rings is 1. The molecule has 0 fully saturated rings. The molecule has 1 aromatic heterocycles. The van der Waals surface area contributed by atoms with Crippen LogP contribution in [0.2, 0.25) is 0 Å². The zero-order valence-electron chi connectivity index (χ0n) is 14.2. The largest absolute Gasteiger partial charge is 0.494 e. The van der Waals surface area contributed by atoms with E-state index in [9.17, 15) is 19.2 Å². The number of ether oxygens (including phenoxy) is 1. The van der Waals surface area contributed by atoms with Gasteiger partial charge < -0.3 is 15.2 Å². The van der Waals surface area contributed by atoms with Gasteiger partial charge in [0, 0.05) is 31.4 Å². The van der Waals surface area contributed by atoms with Crippen LogP contribution < -0.4 is 21.3 Å². The van der Waals surface area contributed by atoms with E-state index >= 15 is 0 Å². The Morgan fingerprint density at radius 3 is 2.50 bits per heavy atom. The molecule has 0 bridgehead atoms. The third-order valence-corrected chi connectivity index (χ3v) is 3.52. The number of nitrogens with one attached hydrogen (secondary N) is 1. The molecule has 138 valence electrons.